The lowest BCUT2D eigenvalue weighted by atomic mass is 9.91. The number of hydrogen-bond acceptors (Lipinski definition) is 2. The smallest absolute Gasteiger partial charge is 0.142 e. The highest BCUT2D eigenvalue weighted by molar-refractivity contribution is 6.31. The maximum absolute atomic E-state index is 13.6. The Morgan fingerprint density at radius 1 is 1.38 bits per heavy atom. The molecule has 0 aromatic heterocycles. The highest BCUT2D eigenvalue weighted by Crippen LogP contribution is 2.34. The first-order valence-electron chi connectivity index (χ1n) is 8.05. The van der Waals surface area contributed by atoms with Gasteiger partial charge in [-0.25, -0.2) is 4.39 Å². The van der Waals surface area contributed by atoms with Gasteiger partial charge in [-0.05, 0) is 30.9 Å². The Morgan fingerprint density at radius 2 is 2.14 bits per heavy atom. The summed E-state index contributed by atoms with van der Waals surface area (Å²) in [6.07, 6.45) is 6.26. The molecule has 0 bridgehead atoms. The molecule has 1 aromatic carbocycles. The summed E-state index contributed by atoms with van der Waals surface area (Å²) in [6, 6.07) is 5.64. The van der Waals surface area contributed by atoms with Crippen molar-refractivity contribution >= 4 is 11.6 Å². The Morgan fingerprint density at radius 3 is 2.86 bits per heavy atom. The minimum Gasteiger partial charge on any atom is -0.308 e. The summed E-state index contributed by atoms with van der Waals surface area (Å²) in [4.78, 5) is 2.50. The van der Waals surface area contributed by atoms with Gasteiger partial charge < -0.3 is 5.32 Å². The molecule has 1 spiro atoms. The van der Waals surface area contributed by atoms with Crippen LogP contribution in [0.15, 0.2) is 18.2 Å². The molecule has 1 aliphatic heterocycles. The van der Waals surface area contributed by atoms with Crippen molar-refractivity contribution in [2.45, 2.75) is 57.2 Å². The van der Waals surface area contributed by atoms with E-state index in [1.807, 2.05) is 6.07 Å². The van der Waals surface area contributed by atoms with Crippen molar-refractivity contribution in [3.05, 3.63) is 34.6 Å². The molecule has 1 heterocycles. The zero-order valence-corrected chi connectivity index (χ0v) is 13.4. The first kappa shape index (κ1) is 15.3. The fourth-order valence-corrected chi connectivity index (χ4v) is 4.09. The van der Waals surface area contributed by atoms with Crippen molar-refractivity contribution < 1.29 is 4.39 Å². The minimum absolute atomic E-state index is 0.283. The van der Waals surface area contributed by atoms with Crippen LogP contribution >= 0.6 is 11.6 Å². The topological polar surface area (TPSA) is 15.3 Å². The third-order valence-electron chi connectivity index (χ3n) is 5.17. The Balaban J connectivity index is 1.78. The number of nitrogens with one attached hydrogen (secondary N) is 1. The molecule has 4 heteroatoms. The van der Waals surface area contributed by atoms with E-state index in [1.165, 1.54) is 31.7 Å². The molecular formula is C17H24ClFN2. The van der Waals surface area contributed by atoms with Gasteiger partial charge in [0.05, 0.1) is 5.02 Å². The summed E-state index contributed by atoms with van der Waals surface area (Å²) in [6.45, 7) is 5.06. The SMILES string of the molecule is CCC1CNC2(CCCC2)CN1Cc1cccc(F)c1Cl. The normalized spacial score (nSPS) is 25.6. The maximum Gasteiger partial charge on any atom is 0.142 e. The number of nitrogens with zero attached hydrogens (tertiary/aromatic N) is 1. The molecule has 0 amide bonds. The highest BCUT2D eigenvalue weighted by Gasteiger charge is 2.40. The van der Waals surface area contributed by atoms with Crippen LogP contribution in [0.3, 0.4) is 0 Å². The van der Waals surface area contributed by atoms with Crippen LogP contribution in [0.4, 0.5) is 4.39 Å². The lowest BCUT2D eigenvalue weighted by molar-refractivity contribution is 0.0718. The van der Waals surface area contributed by atoms with Gasteiger partial charge in [-0.1, -0.05) is 43.5 Å². The lowest BCUT2D eigenvalue weighted by Crippen LogP contribution is -2.62. The number of benzene rings is 1. The number of hydrogen-bond donors (Lipinski definition) is 1. The number of rotatable bonds is 3. The van der Waals surface area contributed by atoms with E-state index in [0.717, 1.165) is 31.6 Å². The second-order valence-electron chi connectivity index (χ2n) is 6.55. The second kappa shape index (κ2) is 6.23. The zero-order valence-electron chi connectivity index (χ0n) is 12.7. The molecule has 3 rings (SSSR count). The average Bonchev–Trinajstić information content (AvgIpc) is 2.92. The van der Waals surface area contributed by atoms with Gasteiger partial charge in [-0.15, -0.1) is 0 Å². The quantitative estimate of drug-likeness (QED) is 0.908. The summed E-state index contributed by atoms with van der Waals surface area (Å²) >= 11 is 6.14. The van der Waals surface area contributed by atoms with E-state index in [2.05, 4.69) is 17.1 Å². The predicted octanol–water partition coefficient (Wildman–Crippen LogP) is 3.98. The van der Waals surface area contributed by atoms with Crippen LogP contribution < -0.4 is 5.32 Å². The van der Waals surface area contributed by atoms with E-state index >= 15 is 0 Å². The molecule has 1 N–H and O–H groups in total. The molecule has 2 fully saturated rings. The molecule has 21 heavy (non-hydrogen) atoms. The molecule has 1 saturated carbocycles. The van der Waals surface area contributed by atoms with Gasteiger partial charge in [0.25, 0.3) is 0 Å². The van der Waals surface area contributed by atoms with E-state index in [1.54, 1.807) is 6.07 Å². The van der Waals surface area contributed by atoms with Gasteiger partial charge in [-0.2, -0.15) is 0 Å². The van der Waals surface area contributed by atoms with Crippen LogP contribution in [0.1, 0.15) is 44.6 Å². The van der Waals surface area contributed by atoms with Gasteiger partial charge in [0.15, 0.2) is 0 Å². The van der Waals surface area contributed by atoms with Crippen LogP contribution in [-0.2, 0) is 6.54 Å². The molecule has 116 valence electrons. The summed E-state index contributed by atoms with van der Waals surface area (Å²) in [7, 11) is 0. The Hall–Kier alpha value is -0.640. The third-order valence-corrected chi connectivity index (χ3v) is 5.60. The van der Waals surface area contributed by atoms with Gasteiger partial charge in [0.1, 0.15) is 5.82 Å². The monoisotopic (exact) mass is 310 g/mol. The molecule has 1 aromatic rings. The van der Waals surface area contributed by atoms with Crippen molar-refractivity contribution in [3.63, 3.8) is 0 Å². The van der Waals surface area contributed by atoms with Crippen LogP contribution in [0.5, 0.6) is 0 Å². The molecule has 1 saturated heterocycles. The predicted molar refractivity (Wildman–Crippen MR) is 85.1 cm³/mol. The first-order chi connectivity index (χ1) is 10.1. The minimum atomic E-state index is -0.312. The van der Waals surface area contributed by atoms with E-state index in [0.29, 0.717) is 6.04 Å². The summed E-state index contributed by atoms with van der Waals surface area (Å²) in [5, 5.41) is 4.07. The third kappa shape index (κ3) is 3.10. The fourth-order valence-electron chi connectivity index (χ4n) is 3.90. The van der Waals surface area contributed by atoms with Crippen LogP contribution in [0, 0.1) is 5.82 Å². The largest absolute Gasteiger partial charge is 0.308 e. The Labute approximate surface area is 131 Å². The Kier molecular flexibility index (Phi) is 4.53. The molecule has 0 radical (unpaired) electrons. The molecule has 1 aliphatic carbocycles. The molecule has 2 aliphatic rings. The first-order valence-corrected chi connectivity index (χ1v) is 8.43. The van der Waals surface area contributed by atoms with Crippen molar-refractivity contribution in [2.75, 3.05) is 13.1 Å². The average molecular weight is 311 g/mol. The van der Waals surface area contributed by atoms with Crippen LogP contribution in [-0.4, -0.2) is 29.6 Å². The van der Waals surface area contributed by atoms with Crippen molar-refractivity contribution in [1.82, 2.24) is 10.2 Å². The van der Waals surface area contributed by atoms with E-state index in [4.69, 9.17) is 11.6 Å². The van der Waals surface area contributed by atoms with E-state index < -0.39 is 0 Å². The number of piperazine rings is 1. The van der Waals surface area contributed by atoms with Crippen molar-refractivity contribution in [3.8, 4) is 0 Å². The summed E-state index contributed by atoms with van der Waals surface area (Å²) in [5.74, 6) is -0.312. The van der Waals surface area contributed by atoms with Crippen LogP contribution in [0.25, 0.3) is 0 Å². The molecular weight excluding hydrogens is 287 g/mol. The standard InChI is InChI=1S/C17H24ClFN2/c1-2-14-10-20-17(8-3-4-9-17)12-21(14)11-13-6-5-7-15(19)16(13)18/h5-7,14,20H,2-4,8-12H2,1H3. The molecule has 1 unspecified atom stereocenters. The second-order valence-corrected chi connectivity index (χ2v) is 6.93. The number of halogens is 2. The summed E-state index contributed by atoms with van der Waals surface area (Å²) < 4.78 is 13.6. The summed E-state index contributed by atoms with van der Waals surface area (Å²) in [5.41, 5.74) is 1.19. The van der Waals surface area contributed by atoms with Gasteiger partial charge >= 0.3 is 0 Å². The highest BCUT2D eigenvalue weighted by atomic mass is 35.5. The fraction of sp³-hybridized carbons (Fsp3) is 0.647. The maximum atomic E-state index is 13.6. The molecule has 2 nitrogen and oxygen atoms in total. The van der Waals surface area contributed by atoms with Crippen molar-refractivity contribution in [1.29, 1.82) is 0 Å². The molecule has 1 atom stereocenters. The van der Waals surface area contributed by atoms with Gasteiger partial charge in [-0.3, -0.25) is 4.90 Å². The van der Waals surface area contributed by atoms with Crippen molar-refractivity contribution in [2.24, 2.45) is 0 Å². The van der Waals surface area contributed by atoms with Crippen LogP contribution in [0.2, 0.25) is 5.02 Å². The zero-order chi connectivity index (χ0) is 14.9. The lowest BCUT2D eigenvalue weighted by Gasteiger charge is -2.46. The van der Waals surface area contributed by atoms with E-state index in [-0.39, 0.29) is 16.4 Å². The van der Waals surface area contributed by atoms with E-state index in [9.17, 15) is 4.39 Å². The van der Waals surface area contributed by atoms with Gasteiger partial charge in [0, 0.05) is 31.2 Å². The van der Waals surface area contributed by atoms with Gasteiger partial charge in [0.2, 0.25) is 0 Å². The Bertz CT molecular complexity index is 500.